The molecule has 1 aromatic carbocycles. The number of halogens is 1. The molecule has 0 aliphatic rings. The molecule has 0 aliphatic carbocycles. The highest BCUT2D eigenvalue weighted by molar-refractivity contribution is 7.99. The molecule has 0 saturated carbocycles. The molecule has 0 heterocycles. The maximum atomic E-state index is 12.7. The Morgan fingerprint density at radius 1 is 1.33 bits per heavy atom. The average molecular weight is 266 g/mol. The van der Waals surface area contributed by atoms with Crippen LogP contribution in [0.3, 0.4) is 0 Å². The molecule has 1 rings (SSSR count). The number of thioether (sulfide) groups is 1. The first-order valence-corrected chi connectivity index (χ1v) is 7.07. The van der Waals surface area contributed by atoms with Crippen LogP contribution in [0, 0.1) is 17.1 Å². The number of unbranched alkanes of at least 4 members (excludes halogenated alkanes) is 1. The van der Waals surface area contributed by atoms with E-state index in [1.807, 2.05) is 14.0 Å². The van der Waals surface area contributed by atoms with E-state index in [-0.39, 0.29) is 5.82 Å². The lowest BCUT2D eigenvalue weighted by atomic mass is 9.97. The molecule has 0 spiro atoms. The molecule has 0 amide bonds. The van der Waals surface area contributed by atoms with E-state index in [0.717, 1.165) is 29.9 Å². The van der Waals surface area contributed by atoms with Crippen molar-refractivity contribution in [3.63, 3.8) is 0 Å². The minimum absolute atomic E-state index is 0.196. The highest BCUT2D eigenvalue weighted by Gasteiger charge is 2.19. The Bertz CT molecular complexity index is 399. The zero-order chi connectivity index (χ0) is 13.4. The van der Waals surface area contributed by atoms with E-state index in [1.54, 1.807) is 23.9 Å². The molecular formula is C14H19FN2S. The molecule has 0 aromatic heterocycles. The van der Waals surface area contributed by atoms with Crippen molar-refractivity contribution in [3.05, 3.63) is 30.1 Å². The van der Waals surface area contributed by atoms with Gasteiger partial charge in [-0.1, -0.05) is 0 Å². The van der Waals surface area contributed by atoms with Gasteiger partial charge in [0.05, 0.1) is 6.07 Å². The van der Waals surface area contributed by atoms with E-state index < -0.39 is 5.54 Å². The van der Waals surface area contributed by atoms with Gasteiger partial charge in [-0.3, -0.25) is 0 Å². The second-order valence-corrected chi connectivity index (χ2v) is 5.62. The van der Waals surface area contributed by atoms with Crippen LogP contribution in [0.25, 0.3) is 0 Å². The van der Waals surface area contributed by atoms with E-state index in [1.165, 1.54) is 12.1 Å². The molecule has 2 nitrogen and oxygen atoms in total. The number of nitrogens with zero attached hydrogens (tertiary/aromatic N) is 1. The highest BCUT2D eigenvalue weighted by Crippen LogP contribution is 2.21. The zero-order valence-electron chi connectivity index (χ0n) is 10.9. The fraction of sp³-hybridized carbons (Fsp3) is 0.500. The first-order valence-electron chi connectivity index (χ1n) is 6.08. The third-order valence-electron chi connectivity index (χ3n) is 2.95. The maximum absolute atomic E-state index is 12.7. The monoisotopic (exact) mass is 266 g/mol. The van der Waals surface area contributed by atoms with Gasteiger partial charge in [-0.05, 0) is 63.3 Å². The summed E-state index contributed by atoms with van der Waals surface area (Å²) in [6, 6.07) is 8.85. The standard InChI is InChI=1S/C14H19FN2S/c1-14(11-16,17-2)9-3-4-10-18-13-7-5-12(15)6-8-13/h5-8,17H,3-4,9-10H2,1-2H3. The van der Waals surface area contributed by atoms with Crippen molar-refractivity contribution in [1.29, 1.82) is 5.26 Å². The Kier molecular flexibility index (Phi) is 6.17. The van der Waals surface area contributed by atoms with Crippen LogP contribution in [0.1, 0.15) is 26.2 Å². The van der Waals surface area contributed by atoms with Crippen LogP contribution in [-0.4, -0.2) is 18.3 Å². The smallest absolute Gasteiger partial charge is 0.123 e. The summed E-state index contributed by atoms with van der Waals surface area (Å²) in [7, 11) is 1.82. The van der Waals surface area contributed by atoms with Crippen molar-refractivity contribution in [1.82, 2.24) is 5.32 Å². The molecule has 98 valence electrons. The fourth-order valence-electron chi connectivity index (χ4n) is 1.54. The molecule has 0 radical (unpaired) electrons. The number of hydrogen-bond donors (Lipinski definition) is 1. The van der Waals surface area contributed by atoms with Gasteiger partial charge in [0.2, 0.25) is 0 Å². The normalized spacial score (nSPS) is 13.9. The number of rotatable bonds is 7. The van der Waals surface area contributed by atoms with Crippen molar-refractivity contribution < 1.29 is 4.39 Å². The molecule has 0 aliphatic heterocycles. The molecule has 0 saturated heterocycles. The minimum atomic E-state index is -0.416. The largest absolute Gasteiger partial charge is 0.303 e. The maximum Gasteiger partial charge on any atom is 0.123 e. The Hall–Kier alpha value is -1.05. The lowest BCUT2D eigenvalue weighted by molar-refractivity contribution is 0.439. The third-order valence-corrected chi connectivity index (χ3v) is 4.05. The van der Waals surface area contributed by atoms with Gasteiger partial charge in [0.15, 0.2) is 0 Å². The Morgan fingerprint density at radius 3 is 2.56 bits per heavy atom. The predicted molar refractivity (Wildman–Crippen MR) is 74.1 cm³/mol. The van der Waals surface area contributed by atoms with Crippen molar-refractivity contribution in [2.75, 3.05) is 12.8 Å². The SMILES string of the molecule is CNC(C)(C#N)CCCCSc1ccc(F)cc1. The lowest BCUT2D eigenvalue weighted by Gasteiger charge is -2.20. The van der Waals surface area contributed by atoms with Gasteiger partial charge in [0.1, 0.15) is 11.4 Å². The van der Waals surface area contributed by atoms with Crippen LogP contribution in [0.5, 0.6) is 0 Å². The average Bonchev–Trinajstić information content (AvgIpc) is 2.40. The number of nitrogens with one attached hydrogen (secondary N) is 1. The van der Waals surface area contributed by atoms with Crippen LogP contribution in [0.15, 0.2) is 29.2 Å². The molecular weight excluding hydrogens is 247 g/mol. The van der Waals surface area contributed by atoms with Crippen LogP contribution in [0.2, 0.25) is 0 Å². The molecule has 1 N–H and O–H groups in total. The van der Waals surface area contributed by atoms with Gasteiger partial charge in [0.25, 0.3) is 0 Å². The van der Waals surface area contributed by atoms with Gasteiger partial charge < -0.3 is 5.32 Å². The van der Waals surface area contributed by atoms with Crippen LogP contribution in [-0.2, 0) is 0 Å². The van der Waals surface area contributed by atoms with Crippen molar-refractivity contribution in [3.8, 4) is 6.07 Å². The summed E-state index contributed by atoms with van der Waals surface area (Å²) in [4.78, 5) is 1.09. The topological polar surface area (TPSA) is 35.8 Å². The number of nitriles is 1. The van der Waals surface area contributed by atoms with Crippen molar-refractivity contribution in [2.24, 2.45) is 0 Å². The highest BCUT2D eigenvalue weighted by atomic mass is 32.2. The summed E-state index contributed by atoms with van der Waals surface area (Å²) < 4.78 is 12.7. The summed E-state index contributed by atoms with van der Waals surface area (Å²) in [5.74, 6) is 0.801. The zero-order valence-corrected chi connectivity index (χ0v) is 11.7. The molecule has 0 bridgehead atoms. The number of benzene rings is 1. The molecule has 1 atom stereocenters. The number of hydrogen-bond acceptors (Lipinski definition) is 3. The molecule has 18 heavy (non-hydrogen) atoms. The van der Waals surface area contributed by atoms with E-state index in [4.69, 9.17) is 5.26 Å². The quantitative estimate of drug-likeness (QED) is 0.605. The Morgan fingerprint density at radius 2 is 2.00 bits per heavy atom. The second-order valence-electron chi connectivity index (χ2n) is 4.45. The lowest BCUT2D eigenvalue weighted by Crippen LogP contribution is -2.37. The summed E-state index contributed by atoms with van der Waals surface area (Å²) in [5, 5.41) is 12.0. The van der Waals surface area contributed by atoms with Crippen LogP contribution < -0.4 is 5.32 Å². The molecule has 4 heteroatoms. The second kappa shape index (κ2) is 7.40. The van der Waals surface area contributed by atoms with Gasteiger partial charge in [-0.2, -0.15) is 5.26 Å². The Balaban J connectivity index is 2.20. The van der Waals surface area contributed by atoms with Crippen LogP contribution >= 0.6 is 11.8 Å². The van der Waals surface area contributed by atoms with Crippen molar-refractivity contribution in [2.45, 2.75) is 36.6 Å². The van der Waals surface area contributed by atoms with Gasteiger partial charge >= 0.3 is 0 Å². The minimum Gasteiger partial charge on any atom is -0.303 e. The van der Waals surface area contributed by atoms with Gasteiger partial charge in [0, 0.05) is 4.90 Å². The van der Waals surface area contributed by atoms with Gasteiger partial charge in [-0.15, -0.1) is 11.8 Å². The summed E-state index contributed by atoms with van der Waals surface area (Å²) in [6.07, 6.45) is 2.92. The first kappa shape index (κ1) is 15.0. The third kappa shape index (κ3) is 5.07. The van der Waals surface area contributed by atoms with Gasteiger partial charge in [-0.25, -0.2) is 4.39 Å². The van der Waals surface area contributed by atoms with E-state index in [2.05, 4.69) is 11.4 Å². The van der Waals surface area contributed by atoms with Crippen molar-refractivity contribution >= 4 is 11.8 Å². The predicted octanol–water partition coefficient (Wildman–Crippen LogP) is 3.59. The Labute approximate surface area is 113 Å². The molecule has 0 fully saturated rings. The van der Waals surface area contributed by atoms with Crippen LogP contribution in [0.4, 0.5) is 4.39 Å². The fourth-order valence-corrected chi connectivity index (χ4v) is 2.45. The summed E-state index contributed by atoms with van der Waals surface area (Å²) >= 11 is 1.72. The first-order chi connectivity index (χ1) is 8.59. The van der Waals surface area contributed by atoms with E-state index >= 15 is 0 Å². The summed E-state index contributed by atoms with van der Waals surface area (Å²) in [5.41, 5.74) is -0.416. The molecule has 1 aromatic rings. The summed E-state index contributed by atoms with van der Waals surface area (Å²) in [6.45, 7) is 1.92. The van der Waals surface area contributed by atoms with E-state index in [0.29, 0.717) is 0 Å². The molecule has 1 unspecified atom stereocenters. The van der Waals surface area contributed by atoms with E-state index in [9.17, 15) is 4.39 Å².